The van der Waals surface area contributed by atoms with E-state index in [-0.39, 0.29) is 0 Å². The third-order valence-electron chi connectivity index (χ3n) is 4.15. The highest BCUT2D eigenvalue weighted by molar-refractivity contribution is 5.17. The molecule has 1 heteroatoms. The van der Waals surface area contributed by atoms with Crippen LogP contribution in [0.15, 0.2) is 30.3 Å². The zero-order chi connectivity index (χ0) is 12.1. The highest BCUT2D eigenvalue weighted by atomic mass is 14.9. The summed E-state index contributed by atoms with van der Waals surface area (Å²) >= 11 is 0. The van der Waals surface area contributed by atoms with Crippen molar-refractivity contribution >= 4 is 0 Å². The Labute approximate surface area is 106 Å². The molecule has 1 saturated carbocycles. The zero-order valence-electron chi connectivity index (χ0n) is 11.2. The zero-order valence-corrected chi connectivity index (χ0v) is 11.2. The largest absolute Gasteiger partial charge is 0.310 e. The van der Waals surface area contributed by atoms with Gasteiger partial charge >= 0.3 is 0 Å². The molecule has 0 aromatic heterocycles. The lowest BCUT2D eigenvalue weighted by atomic mass is 9.83. The molecule has 1 aliphatic rings. The van der Waals surface area contributed by atoms with E-state index in [0.29, 0.717) is 6.04 Å². The molecule has 1 nitrogen and oxygen atoms in total. The molecular formula is C16H25N. The van der Waals surface area contributed by atoms with Gasteiger partial charge in [-0.25, -0.2) is 0 Å². The number of hydrogen-bond donors (Lipinski definition) is 1. The second-order valence-corrected chi connectivity index (χ2v) is 5.67. The lowest BCUT2D eigenvalue weighted by Gasteiger charge is -2.27. The molecule has 1 aromatic carbocycles. The van der Waals surface area contributed by atoms with Crippen LogP contribution in [-0.4, -0.2) is 6.54 Å². The Morgan fingerprint density at radius 3 is 2.41 bits per heavy atom. The van der Waals surface area contributed by atoms with Gasteiger partial charge in [0.15, 0.2) is 0 Å². The molecule has 0 heterocycles. The first-order valence-corrected chi connectivity index (χ1v) is 7.04. The Morgan fingerprint density at radius 1 is 1.12 bits per heavy atom. The van der Waals surface area contributed by atoms with Crippen molar-refractivity contribution in [3.63, 3.8) is 0 Å². The summed E-state index contributed by atoms with van der Waals surface area (Å²) in [7, 11) is 0. The van der Waals surface area contributed by atoms with Gasteiger partial charge in [-0.15, -0.1) is 0 Å². The van der Waals surface area contributed by atoms with Crippen molar-refractivity contribution in [2.45, 2.75) is 45.6 Å². The summed E-state index contributed by atoms with van der Waals surface area (Å²) in [4.78, 5) is 0. The Balaban J connectivity index is 1.75. The predicted octanol–water partition coefficient (Wildman–Crippen LogP) is 4.16. The summed E-state index contributed by atoms with van der Waals surface area (Å²) in [5.41, 5.74) is 1.40. The van der Waals surface area contributed by atoms with Crippen LogP contribution in [0, 0.1) is 11.8 Å². The molecule has 2 rings (SSSR count). The van der Waals surface area contributed by atoms with E-state index in [4.69, 9.17) is 0 Å². The molecular weight excluding hydrogens is 206 g/mol. The Hall–Kier alpha value is -0.820. The van der Waals surface area contributed by atoms with Crippen LogP contribution in [0.5, 0.6) is 0 Å². The maximum atomic E-state index is 3.68. The van der Waals surface area contributed by atoms with Crippen LogP contribution >= 0.6 is 0 Å². The summed E-state index contributed by atoms with van der Waals surface area (Å²) in [5, 5.41) is 3.68. The molecule has 0 amide bonds. The van der Waals surface area contributed by atoms with Gasteiger partial charge in [0.05, 0.1) is 0 Å². The minimum absolute atomic E-state index is 0.482. The van der Waals surface area contributed by atoms with Gasteiger partial charge in [0.1, 0.15) is 0 Å². The van der Waals surface area contributed by atoms with E-state index >= 15 is 0 Å². The molecule has 94 valence electrons. The normalized spacial score (nSPS) is 26.7. The first kappa shape index (κ1) is 12.6. The monoisotopic (exact) mass is 231 g/mol. The fourth-order valence-corrected chi connectivity index (χ4v) is 2.74. The molecule has 1 fully saturated rings. The first-order valence-electron chi connectivity index (χ1n) is 7.04. The molecule has 0 aliphatic heterocycles. The molecule has 0 unspecified atom stereocenters. The van der Waals surface area contributed by atoms with Crippen LogP contribution in [0.1, 0.15) is 51.1 Å². The Morgan fingerprint density at radius 2 is 1.76 bits per heavy atom. The number of benzene rings is 1. The quantitative estimate of drug-likeness (QED) is 0.820. The van der Waals surface area contributed by atoms with Crippen molar-refractivity contribution in [2.75, 3.05) is 6.54 Å². The van der Waals surface area contributed by atoms with Gasteiger partial charge in [0, 0.05) is 6.04 Å². The molecule has 17 heavy (non-hydrogen) atoms. The van der Waals surface area contributed by atoms with Gasteiger partial charge in [-0.05, 0) is 43.7 Å². The van der Waals surface area contributed by atoms with Crippen LogP contribution in [-0.2, 0) is 0 Å². The van der Waals surface area contributed by atoms with Crippen LogP contribution in [0.2, 0.25) is 0 Å². The summed E-state index contributed by atoms with van der Waals surface area (Å²) in [6.07, 6.45) is 5.67. The van der Waals surface area contributed by atoms with Crippen molar-refractivity contribution in [1.29, 1.82) is 0 Å². The van der Waals surface area contributed by atoms with Crippen molar-refractivity contribution < 1.29 is 0 Å². The number of hydrogen-bond acceptors (Lipinski definition) is 1. The van der Waals surface area contributed by atoms with E-state index in [9.17, 15) is 0 Å². The van der Waals surface area contributed by atoms with E-state index in [1.54, 1.807) is 0 Å². The predicted molar refractivity (Wildman–Crippen MR) is 74.0 cm³/mol. The second kappa shape index (κ2) is 6.20. The van der Waals surface area contributed by atoms with Crippen LogP contribution < -0.4 is 5.32 Å². The summed E-state index contributed by atoms with van der Waals surface area (Å²) in [6.45, 7) is 5.83. The first-order chi connectivity index (χ1) is 8.25. The molecule has 0 radical (unpaired) electrons. The van der Waals surface area contributed by atoms with Crippen molar-refractivity contribution in [1.82, 2.24) is 5.32 Å². The van der Waals surface area contributed by atoms with Crippen LogP contribution in [0.3, 0.4) is 0 Å². The number of nitrogens with one attached hydrogen (secondary N) is 1. The molecule has 1 atom stereocenters. The molecule has 1 aromatic rings. The smallest absolute Gasteiger partial charge is 0.0291 e. The third-order valence-corrected chi connectivity index (χ3v) is 4.15. The van der Waals surface area contributed by atoms with E-state index < -0.39 is 0 Å². The highest BCUT2D eigenvalue weighted by Gasteiger charge is 2.18. The molecule has 1 aliphatic carbocycles. The summed E-state index contributed by atoms with van der Waals surface area (Å²) in [6, 6.07) is 11.2. The minimum atomic E-state index is 0.482. The fourth-order valence-electron chi connectivity index (χ4n) is 2.74. The standard InChI is InChI=1S/C16H25N/c1-13-8-10-15(11-9-13)12-17-14(2)16-6-4-3-5-7-16/h3-7,13-15,17H,8-12H2,1-2H3/t13?,14-,15?/m0/s1. The van der Waals surface area contributed by atoms with Gasteiger partial charge in [0.2, 0.25) is 0 Å². The Kier molecular flexibility index (Phi) is 4.61. The average molecular weight is 231 g/mol. The van der Waals surface area contributed by atoms with Gasteiger partial charge < -0.3 is 5.32 Å². The van der Waals surface area contributed by atoms with E-state index in [1.807, 2.05) is 0 Å². The minimum Gasteiger partial charge on any atom is -0.310 e. The molecule has 0 spiro atoms. The van der Waals surface area contributed by atoms with E-state index in [0.717, 1.165) is 11.8 Å². The maximum absolute atomic E-state index is 3.68. The third kappa shape index (κ3) is 3.85. The number of rotatable bonds is 4. The lowest BCUT2D eigenvalue weighted by Crippen LogP contribution is -2.28. The Bertz CT molecular complexity index is 312. The van der Waals surface area contributed by atoms with Gasteiger partial charge in [-0.3, -0.25) is 0 Å². The molecule has 0 saturated heterocycles. The van der Waals surface area contributed by atoms with Crippen molar-refractivity contribution in [2.24, 2.45) is 11.8 Å². The van der Waals surface area contributed by atoms with Gasteiger partial charge in [-0.2, -0.15) is 0 Å². The SMILES string of the molecule is CC1CCC(CN[C@@H](C)c2ccccc2)CC1. The lowest BCUT2D eigenvalue weighted by molar-refractivity contribution is 0.276. The average Bonchev–Trinajstić information content (AvgIpc) is 2.39. The van der Waals surface area contributed by atoms with Crippen LogP contribution in [0.4, 0.5) is 0 Å². The highest BCUT2D eigenvalue weighted by Crippen LogP contribution is 2.28. The van der Waals surface area contributed by atoms with E-state index in [1.165, 1.54) is 37.8 Å². The van der Waals surface area contributed by atoms with E-state index in [2.05, 4.69) is 49.5 Å². The van der Waals surface area contributed by atoms with Crippen LogP contribution in [0.25, 0.3) is 0 Å². The summed E-state index contributed by atoms with van der Waals surface area (Å²) < 4.78 is 0. The van der Waals surface area contributed by atoms with Gasteiger partial charge in [0.25, 0.3) is 0 Å². The van der Waals surface area contributed by atoms with Crippen molar-refractivity contribution in [3.8, 4) is 0 Å². The second-order valence-electron chi connectivity index (χ2n) is 5.67. The van der Waals surface area contributed by atoms with Gasteiger partial charge in [-0.1, -0.05) is 50.1 Å². The fraction of sp³-hybridized carbons (Fsp3) is 0.625. The topological polar surface area (TPSA) is 12.0 Å². The molecule has 0 bridgehead atoms. The van der Waals surface area contributed by atoms with Crippen molar-refractivity contribution in [3.05, 3.63) is 35.9 Å². The maximum Gasteiger partial charge on any atom is 0.0291 e. The summed E-state index contributed by atoms with van der Waals surface area (Å²) in [5.74, 6) is 1.86. The molecule has 1 N–H and O–H groups in total.